The molecule has 6 nitrogen and oxygen atoms in total. The van der Waals surface area contributed by atoms with Crippen LogP contribution >= 0.6 is 0 Å². The van der Waals surface area contributed by atoms with Crippen molar-refractivity contribution in [1.29, 1.82) is 0 Å². The molecule has 0 spiro atoms. The molecule has 1 aromatic heterocycles. The molecule has 2 N–H and O–H groups in total. The van der Waals surface area contributed by atoms with Gasteiger partial charge in [-0.15, -0.1) is 0 Å². The smallest absolute Gasteiger partial charge is 0.321 e. The van der Waals surface area contributed by atoms with Gasteiger partial charge in [-0.25, -0.2) is 9.78 Å². The molecular weight excluding hydrogens is 304 g/mol. The van der Waals surface area contributed by atoms with Crippen LogP contribution in [0.3, 0.4) is 0 Å². The Morgan fingerprint density at radius 2 is 1.88 bits per heavy atom. The van der Waals surface area contributed by atoms with Gasteiger partial charge in [0.2, 0.25) is 0 Å². The van der Waals surface area contributed by atoms with Crippen LogP contribution in [0.25, 0.3) is 0 Å². The predicted octanol–water partition coefficient (Wildman–Crippen LogP) is 3.00. The van der Waals surface area contributed by atoms with Crippen molar-refractivity contribution in [2.45, 2.75) is 18.9 Å². The molecule has 1 fully saturated rings. The van der Waals surface area contributed by atoms with Gasteiger partial charge in [-0.05, 0) is 37.1 Å². The third kappa shape index (κ3) is 4.10. The van der Waals surface area contributed by atoms with Crippen molar-refractivity contribution in [3.05, 3.63) is 54.2 Å². The first-order chi connectivity index (χ1) is 11.7. The lowest BCUT2D eigenvalue weighted by Crippen LogP contribution is -2.44. The highest BCUT2D eigenvalue weighted by Crippen LogP contribution is 2.16. The molecule has 124 valence electrons. The number of para-hydroxylation sites is 1. The molecule has 0 bridgehead atoms. The fourth-order valence-corrected chi connectivity index (χ4v) is 2.72. The molecule has 3 rings (SSSR count). The van der Waals surface area contributed by atoms with Crippen molar-refractivity contribution >= 4 is 23.8 Å². The number of nitrogens with zero attached hydrogens (tertiary/aromatic N) is 2. The van der Waals surface area contributed by atoms with Crippen LogP contribution < -0.4 is 10.6 Å². The Balaban J connectivity index is 1.48. The number of aromatic nitrogens is 1. The summed E-state index contributed by atoms with van der Waals surface area (Å²) in [6, 6.07) is 13.2. The van der Waals surface area contributed by atoms with Crippen molar-refractivity contribution in [3.63, 3.8) is 0 Å². The van der Waals surface area contributed by atoms with E-state index in [1.54, 1.807) is 18.3 Å². The zero-order chi connectivity index (χ0) is 16.8. The monoisotopic (exact) mass is 324 g/mol. The first kappa shape index (κ1) is 16.0. The second kappa shape index (κ2) is 7.59. The third-order valence-electron chi connectivity index (χ3n) is 4.08. The van der Waals surface area contributed by atoms with Gasteiger partial charge in [0.15, 0.2) is 6.29 Å². The number of likely N-dealkylation sites (tertiary alicyclic amines) is 1. The van der Waals surface area contributed by atoms with Gasteiger partial charge in [-0.2, -0.15) is 0 Å². The van der Waals surface area contributed by atoms with Gasteiger partial charge in [-0.1, -0.05) is 18.2 Å². The van der Waals surface area contributed by atoms with Gasteiger partial charge >= 0.3 is 6.03 Å². The summed E-state index contributed by atoms with van der Waals surface area (Å²) < 4.78 is 0. The number of benzene rings is 1. The van der Waals surface area contributed by atoms with E-state index < -0.39 is 0 Å². The molecule has 0 saturated carbocycles. The number of carbonyl (C=O) groups is 2. The summed E-state index contributed by atoms with van der Waals surface area (Å²) in [5.41, 5.74) is 1.37. The molecular formula is C18H20N4O2. The lowest BCUT2D eigenvalue weighted by molar-refractivity contribution is 0.112. The number of pyridine rings is 1. The first-order valence-corrected chi connectivity index (χ1v) is 8.03. The molecule has 0 atom stereocenters. The van der Waals surface area contributed by atoms with Gasteiger partial charge in [0, 0.05) is 36.6 Å². The van der Waals surface area contributed by atoms with Crippen molar-refractivity contribution in [1.82, 2.24) is 9.88 Å². The van der Waals surface area contributed by atoms with E-state index in [-0.39, 0.29) is 12.1 Å². The first-order valence-electron chi connectivity index (χ1n) is 8.03. The largest absolute Gasteiger partial charge is 0.367 e. The van der Waals surface area contributed by atoms with Crippen LogP contribution in [-0.4, -0.2) is 41.3 Å². The van der Waals surface area contributed by atoms with Crippen LogP contribution in [0, 0.1) is 0 Å². The van der Waals surface area contributed by atoms with E-state index >= 15 is 0 Å². The Labute approximate surface area is 140 Å². The van der Waals surface area contributed by atoms with Gasteiger partial charge in [0.25, 0.3) is 0 Å². The highest BCUT2D eigenvalue weighted by Gasteiger charge is 2.22. The number of amides is 2. The fraction of sp³-hybridized carbons (Fsp3) is 0.278. The number of piperidine rings is 1. The number of hydrogen-bond acceptors (Lipinski definition) is 4. The van der Waals surface area contributed by atoms with Crippen molar-refractivity contribution < 1.29 is 9.59 Å². The fourth-order valence-electron chi connectivity index (χ4n) is 2.72. The van der Waals surface area contributed by atoms with Gasteiger partial charge in [-0.3, -0.25) is 4.79 Å². The Kier molecular flexibility index (Phi) is 5.05. The Hall–Kier alpha value is -2.89. The lowest BCUT2D eigenvalue weighted by Gasteiger charge is -2.32. The number of carbonyl (C=O) groups excluding carboxylic acids is 2. The topological polar surface area (TPSA) is 74.3 Å². The van der Waals surface area contributed by atoms with Crippen LogP contribution in [-0.2, 0) is 0 Å². The van der Waals surface area contributed by atoms with Crippen LogP contribution in [0.2, 0.25) is 0 Å². The molecule has 1 saturated heterocycles. The molecule has 2 amide bonds. The summed E-state index contributed by atoms with van der Waals surface area (Å²) in [4.78, 5) is 28.9. The van der Waals surface area contributed by atoms with Crippen molar-refractivity contribution in [3.8, 4) is 0 Å². The van der Waals surface area contributed by atoms with Gasteiger partial charge < -0.3 is 15.5 Å². The molecule has 0 aliphatic carbocycles. The molecule has 1 aliphatic heterocycles. The molecule has 2 heterocycles. The highest BCUT2D eigenvalue weighted by atomic mass is 16.2. The summed E-state index contributed by atoms with van der Waals surface area (Å²) in [6.45, 7) is 1.39. The van der Waals surface area contributed by atoms with E-state index in [0.29, 0.717) is 18.7 Å². The summed E-state index contributed by atoms with van der Waals surface area (Å²) in [6.07, 6.45) is 4.05. The number of hydrogen-bond donors (Lipinski definition) is 2. The van der Waals surface area contributed by atoms with Crippen LogP contribution in [0.5, 0.6) is 0 Å². The molecule has 6 heteroatoms. The maximum absolute atomic E-state index is 12.3. The maximum Gasteiger partial charge on any atom is 0.321 e. The number of aldehydes is 1. The number of nitrogens with one attached hydrogen (secondary N) is 2. The Morgan fingerprint density at radius 1 is 1.12 bits per heavy atom. The average Bonchev–Trinajstić information content (AvgIpc) is 2.64. The number of anilines is 2. The second-order valence-corrected chi connectivity index (χ2v) is 5.80. The van der Waals surface area contributed by atoms with E-state index in [1.807, 2.05) is 35.2 Å². The lowest BCUT2D eigenvalue weighted by atomic mass is 10.1. The van der Waals surface area contributed by atoms with Crippen molar-refractivity contribution in [2.75, 3.05) is 23.7 Å². The summed E-state index contributed by atoms with van der Waals surface area (Å²) >= 11 is 0. The molecule has 24 heavy (non-hydrogen) atoms. The Morgan fingerprint density at radius 3 is 2.50 bits per heavy atom. The molecule has 1 aliphatic rings. The minimum atomic E-state index is -0.0619. The highest BCUT2D eigenvalue weighted by molar-refractivity contribution is 5.89. The third-order valence-corrected chi connectivity index (χ3v) is 4.08. The van der Waals surface area contributed by atoms with Crippen LogP contribution in [0.1, 0.15) is 23.2 Å². The van der Waals surface area contributed by atoms with Crippen molar-refractivity contribution in [2.24, 2.45) is 0 Å². The summed E-state index contributed by atoms with van der Waals surface area (Å²) in [7, 11) is 0. The molecule has 0 unspecified atom stereocenters. The SMILES string of the molecule is O=Cc1ccc(NC2CCN(C(=O)Nc3ccccc3)CC2)nc1. The normalized spacial score (nSPS) is 14.9. The maximum atomic E-state index is 12.3. The Bertz CT molecular complexity index is 680. The number of urea groups is 1. The molecule has 1 aromatic carbocycles. The van der Waals surface area contributed by atoms with Crippen LogP contribution in [0.4, 0.5) is 16.3 Å². The zero-order valence-corrected chi connectivity index (χ0v) is 13.3. The van der Waals surface area contributed by atoms with E-state index in [0.717, 1.165) is 30.6 Å². The van der Waals surface area contributed by atoms with E-state index in [1.165, 1.54) is 0 Å². The predicted molar refractivity (Wildman–Crippen MR) is 93.3 cm³/mol. The standard InChI is InChI=1S/C18H20N4O2/c23-13-14-6-7-17(19-12-14)20-16-8-10-22(11-9-16)18(24)21-15-4-2-1-3-5-15/h1-7,12-13,16H,8-11H2,(H,19,20)(H,21,24). The molecule has 0 radical (unpaired) electrons. The number of rotatable bonds is 4. The minimum Gasteiger partial charge on any atom is -0.367 e. The van der Waals surface area contributed by atoms with Gasteiger partial charge in [0.1, 0.15) is 5.82 Å². The quantitative estimate of drug-likeness (QED) is 0.848. The minimum absolute atomic E-state index is 0.0619. The zero-order valence-electron chi connectivity index (χ0n) is 13.3. The summed E-state index contributed by atoms with van der Waals surface area (Å²) in [5, 5.41) is 6.27. The average molecular weight is 324 g/mol. The van der Waals surface area contributed by atoms with E-state index in [9.17, 15) is 9.59 Å². The summed E-state index contributed by atoms with van der Waals surface area (Å²) in [5.74, 6) is 0.757. The van der Waals surface area contributed by atoms with E-state index in [4.69, 9.17) is 0 Å². The van der Waals surface area contributed by atoms with Crippen LogP contribution in [0.15, 0.2) is 48.7 Å². The second-order valence-electron chi connectivity index (χ2n) is 5.80. The molecule has 2 aromatic rings. The van der Waals surface area contributed by atoms with Gasteiger partial charge in [0.05, 0.1) is 0 Å². The van der Waals surface area contributed by atoms with E-state index in [2.05, 4.69) is 15.6 Å².